The second kappa shape index (κ2) is 9.85. The number of hydrogen-bond acceptors (Lipinski definition) is 6. The fourth-order valence-electron chi connectivity index (χ4n) is 4.49. The van der Waals surface area contributed by atoms with E-state index in [4.69, 9.17) is 4.74 Å². The van der Waals surface area contributed by atoms with E-state index in [9.17, 15) is 4.79 Å². The highest BCUT2D eigenvalue weighted by Crippen LogP contribution is 2.23. The molecule has 0 aliphatic carbocycles. The van der Waals surface area contributed by atoms with Crippen molar-refractivity contribution in [3.8, 4) is 17.1 Å². The number of amides is 1. The van der Waals surface area contributed by atoms with Gasteiger partial charge in [-0.25, -0.2) is 9.78 Å². The van der Waals surface area contributed by atoms with Crippen LogP contribution in [0, 0.1) is 6.92 Å². The maximum Gasteiger partial charge on any atom is 0.346 e. The quantitative estimate of drug-likeness (QED) is 0.594. The second-order valence-corrected chi connectivity index (χ2v) is 9.25. The number of piperidine rings is 1. The molecule has 2 aromatic carbocycles. The standard InChI is InChI=1S/C26H32N6O2/c1-20-3-9-23(10-4-20)34-24-11-13-31(14-12-24)26(33)32-19-27-25(28-32)21-5-7-22(8-6-21)30-17-15-29(2)16-18-30/h3-10,19,24H,11-18H2,1-2H3. The molecule has 0 bridgehead atoms. The SMILES string of the molecule is Cc1ccc(OC2CCN(C(=O)n3cnc(-c4ccc(N5CCN(C)CC5)cc4)n3)CC2)cc1. The average Bonchev–Trinajstić information content (AvgIpc) is 3.37. The van der Waals surface area contributed by atoms with Crippen LogP contribution in [0.15, 0.2) is 54.9 Å². The molecule has 1 amide bonds. The van der Waals surface area contributed by atoms with Gasteiger partial charge in [-0.1, -0.05) is 17.7 Å². The number of benzene rings is 2. The first-order valence-corrected chi connectivity index (χ1v) is 12.0. The van der Waals surface area contributed by atoms with Crippen molar-refractivity contribution >= 4 is 11.7 Å². The van der Waals surface area contributed by atoms with Crippen molar-refractivity contribution in [2.45, 2.75) is 25.9 Å². The average molecular weight is 461 g/mol. The Labute approximate surface area is 200 Å². The largest absolute Gasteiger partial charge is 0.490 e. The van der Waals surface area contributed by atoms with Crippen molar-refractivity contribution in [1.82, 2.24) is 24.6 Å². The van der Waals surface area contributed by atoms with E-state index in [1.807, 2.05) is 29.2 Å². The molecule has 0 atom stereocenters. The van der Waals surface area contributed by atoms with Crippen LogP contribution < -0.4 is 9.64 Å². The zero-order chi connectivity index (χ0) is 23.5. The Morgan fingerprint density at radius 3 is 2.26 bits per heavy atom. The normalized spacial score (nSPS) is 17.7. The zero-order valence-corrected chi connectivity index (χ0v) is 19.9. The van der Waals surface area contributed by atoms with Crippen molar-refractivity contribution in [3.05, 3.63) is 60.4 Å². The molecule has 0 radical (unpaired) electrons. The summed E-state index contributed by atoms with van der Waals surface area (Å²) in [7, 11) is 2.16. The molecule has 1 aromatic heterocycles. The van der Waals surface area contributed by atoms with Crippen LogP contribution in [-0.2, 0) is 0 Å². The Bertz CT molecular complexity index is 1100. The number of rotatable bonds is 4. The lowest BCUT2D eigenvalue weighted by atomic mass is 10.1. The summed E-state index contributed by atoms with van der Waals surface area (Å²) in [4.78, 5) is 23.9. The molecule has 8 heteroatoms. The topological polar surface area (TPSA) is 66.7 Å². The van der Waals surface area contributed by atoms with Gasteiger partial charge in [0.05, 0.1) is 0 Å². The fourth-order valence-corrected chi connectivity index (χ4v) is 4.49. The highest BCUT2D eigenvalue weighted by atomic mass is 16.5. The number of likely N-dealkylation sites (tertiary alicyclic amines) is 1. The lowest BCUT2D eigenvalue weighted by Gasteiger charge is -2.34. The number of piperazine rings is 1. The first-order chi connectivity index (χ1) is 16.5. The Hall–Kier alpha value is -3.39. The number of aryl methyl sites for hydroxylation is 1. The Morgan fingerprint density at radius 2 is 1.59 bits per heavy atom. The van der Waals surface area contributed by atoms with Gasteiger partial charge in [0.2, 0.25) is 0 Å². The van der Waals surface area contributed by atoms with Crippen molar-refractivity contribution in [2.75, 3.05) is 51.2 Å². The van der Waals surface area contributed by atoms with E-state index in [1.165, 1.54) is 22.3 Å². The number of carbonyl (C=O) groups is 1. The van der Waals surface area contributed by atoms with Gasteiger partial charge in [-0.2, -0.15) is 4.68 Å². The van der Waals surface area contributed by atoms with Crippen LogP contribution in [-0.4, -0.2) is 83.0 Å². The maximum atomic E-state index is 13.0. The molecule has 3 heterocycles. The van der Waals surface area contributed by atoms with E-state index in [0.29, 0.717) is 18.9 Å². The molecule has 3 aromatic rings. The Balaban J connectivity index is 1.16. The van der Waals surface area contributed by atoms with Gasteiger partial charge in [0.15, 0.2) is 5.82 Å². The molecule has 2 saturated heterocycles. The molecule has 2 aliphatic rings. The molecule has 0 spiro atoms. The van der Waals surface area contributed by atoms with Crippen LogP contribution in [0.5, 0.6) is 5.75 Å². The van der Waals surface area contributed by atoms with E-state index in [2.05, 4.69) is 58.1 Å². The second-order valence-electron chi connectivity index (χ2n) is 9.25. The van der Waals surface area contributed by atoms with Crippen LogP contribution in [0.3, 0.4) is 0 Å². The predicted molar refractivity (Wildman–Crippen MR) is 132 cm³/mol. The summed E-state index contributed by atoms with van der Waals surface area (Å²) in [6.07, 6.45) is 3.24. The summed E-state index contributed by atoms with van der Waals surface area (Å²) in [6, 6.07) is 16.3. The number of ether oxygens (including phenoxy) is 1. The molecule has 0 unspecified atom stereocenters. The third kappa shape index (κ3) is 5.07. The number of nitrogens with zero attached hydrogens (tertiary/aromatic N) is 6. The number of carbonyl (C=O) groups excluding carboxylic acids is 1. The minimum atomic E-state index is -0.137. The monoisotopic (exact) mass is 460 g/mol. The number of hydrogen-bond donors (Lipinski definition) is 0. The smallest absolute Gasteiger partial charge is 0.346 e. The number of anilines is 1. The summed E-state index contributed by atoms with van der Waals surface area (Å²) >= 11 is 0. The minimum Gasteiger partial charge on any atom is -0.490 e. The van der Waals surface area contributed by atoms with Crippen LogP contribution in [0.4, 0.5) is 10.5 Å². The fraction of sp³-hybridized carbons (Fsp3) is 0.423. The molecule has 8 nitrogen and oxygen atoms in total. The van der Waals surface area contributed by atoms with Crippen LogP contribution >= 0.6 is 0 Å². The highest BCUT2D eigenvalue weighted by Gasteiger charge is 2.26. The van der Waals surface area contributed by atoms with Gasteiger partial charge in [-0.05, 0) is 50.4 Å². The van der Waals surface area contributed by atoms with Gasteiger partial charge < -0.3 is 19.4 Å². The molecule has 0 saturated carbocycles. The van der Waals surface area contributed by atoms with Gasteiger partial charge >= 0.3 is 6.03 Å². The summed E-state index contributed by atoms with van der Waals surface area (Å²) in [5.74, 6) is 1.45. The molecule has 0 N–H and O–H groups in total. The highest BCUT2D eigenvalue weighted by molar-refractivity contribution is 5.76. The Kier molecular flexibility index (Phi) is 6.49. The van der Waals surface area contributed by atoms with Gasteiger partial charge in [-0.15, -0.1) is 5.10 Å². The zero-order valence-electron chi connectivity index (χ0n) is 19.9. The molecular formula is C26H32N6O2. The van der Waals surface area contributed by atoms with Gasteiger partial charge in [-0.3, -0.25) is 0 Å². The first kappa shape index (κ1) is 22.4. The van der Waals surface area contributed by atoms with Crippen molar-refractivity contribution < 1.29 is 9.53 Å². The van der Waals surface area contributed by atoms with Crippen LogP contribution in [0.2, 0.25) is 0 Å². The molecular weight excluding hydrogens is 428 g/mol. The summed E-state index contributed by atoms with van der Waals surface area (Å²) in [5.41, 5.74) is 3.34. The summed E-state index contributed by atoms with van der Waals surface area (Å²) in [6.45, 7) is 7.56. The minimum absolute atomic E-state index is 0.122. The molecule has 2 aliphatic heterocycles. The number of aromatic nitrogens is 3. The lowest BCUT2D eigenvalue weighted by Crippen LogP contribution is -2.44. The van der Waals surface area contributed by atoms with Gasteiger partial charge in [0, 0.05) is 63.4 Å². The predicted octanol–water partition coefficient (Wildman–Crippen LogP) is 3.52. The summed E-state index contributed by atoms with van der Waals surface area (Å²) < 4.78 is 7.44. The van der Waals surface area contributed by atoms with Gasteiger partial charge in [0.25, 0.3) is 0 Å². The lowest BCUT2D eigenvalue weighted by molar-refractivity contribution is 0.110. The molecule has 34 heavy (non-hydrogen) atoms. The van der Waals surface area contributed by atoms with Crippen molar-refractivity contribution in [2.24, 2.45) is 0 Å². The van der Waals surface area contributed by atoms with Crippen molar-refractivity contribution in [1.29, 1.82) is 0 Å². The molecule has 178 valence electrons. The van der Waals surface area contributed by atoms with E-state index < -0.39 is 0 Å². The maximum absolute atomic E-state index is 13.0. The number of likely N-dealkylation sites (N-methyl/N-ethyl adjacent to an activating group) is 1. The van der Waals surface area contributed by atoms with Gasteiger partial charge in [0.1, 0.15) is 18.2 Å². The third-order valence-electron chi connectivity index (χ3n) is 6.72. The first-order valence-electron chi connectivity index (χ1n) is 12.0. The van der Waals surface area contributed by atoms with Crippen LogP contribution in [0.1, 0.15) is 18.4 Å². The van der Waals surface area contributed by atoms with Crippen LogP contribution in [0.25, 0.3) is 11.4 Å². The Morgan fingerprint density at radius 1 is 0.912 bits per heavy atom. The summed E-state index contributed by atoms with van der Waals surface area (Å²) in [5, 5.41) is 4.47. The molecule has 2 fully saturated rings. The van der Waals surface area contributed by atoms with E-state index in [1.54, 1.807) is 0 Å². The third-order valence-corrected chi connectivity index (χ3v) is 6.72. The van der Waals surface area contributed by atoms with E-state index in [-0.39, 0.29) is 12.1 Å². The van der Waals surface area contributed by atoms with E-state index >= 15 is 0 Å². The van der Waals surface area contributed by atoms with E-state index in [0.717, 1.165) is 50.3 Å². The van der Waals surface area contributed by atoms with Crippen molar-refractivity contribution in [3.63, 3.8) is 0 Å². The molecule has 5 rings (SSSR count).